The molecule has 4 heteroatoms. The molecule has 1 aliphatic rings. The van der Waals surface area contributed by atoms with Crippen LogP contribution < -0.4 is 10.6 Å². The Labute approximate surface area is 114 Å². The molecule has 2 rings (SSSR count). The van der Waals surface area contributed by atoms with Gasteiger partial charge in [0.2, 0.25) is 0 Å². The molecule has 1 fully saturated rings. The van der Waals surface area contributed by atoms with Crippen molar-refractivity contribution in [3.63, 3.8) is 0 Å². The van der Waals surface area contributed by atoms with Crippen LogP contribution in [0.4, 0.5) is 5.69 Å². The van der Waals surface area contributed by atoms with E-state index in [4.69, 9.17) is 17.3 Å². The van der Waals surface area contributed by atoms with Gasteiger partial charge in [0.15, 0.2) is 0 Å². The predicted octanol–water partition coefficient (Wildman–Crippen LogP) is 2.57. The number of anilines is 1. The summed E-state index contributed by atoms with van der Waals surface area (Å²) >= 11 is 6.34. The SMILES string of the molecule is CC1CCN(c2ccc([C@@H](C)N)cc2Cl)C1CO. The highest BCUT2D eigenvalue weighted by Gasteiger charge is 2.31. The Bertz CT molecular complexity index is 422. The number of rotatable bonds is 3. The number of hydrogen-bond donors (Lipinski definition) is 2. The maximum atomic E-state index is 9.50. The second kappa shape index (κ2) is 5.47. The Balaban J connectivity index is 2.28. The molecule has 3 atom stereocenters. The summed E-state index contributed by atoms with van der Waals surface area (Å²) < 4.78 is 0. The third kappa shape index (κ3) is 2.48. The molecule has 0 bridgehead atoms. The number of nitrogens with two attached hydrogens (primary N) is 1. The van der Waals surface area contributed by atoms with Crippen molar-refractivity contribution in [3.05, 3.63) is 28.8 Å². The molecule has 1 aromatic carbocycles. The summed E-state index contributed by atoms with van der Waals surface area (Å²) in [4.78, 5) is 2.21. The molecule has 1 heterocycles. The number of hydrogen-bond acceptors (Lipinski definition) is 3. The van der Waals surface area contributed by atoms with E-state index in [1.807, 2.05) is 25.1 Å². The van der Waals surface area contributed by atoms with Crippen LogP contribution in [0, 0.1) is 5.92 Å². The number of halogens is 1. The number of aliphatic hydroxyl groups is 1. The lowest BCUT2D eigenvalue weighted by atomic mass is 10.0. The lowest BCUT2D eigenvalue weighted by molar-refractivity contribution is 0.245. The van der Waals surface area contributed by atoms with Gasteiger partial charge in [0.05, 0.1) is 23.4 Å². The van der Waals surface area contributed by atoms with Crippen molar-refractivity contribution in [2.75, 3.05) is 18.1 Å². The van der Waals surface area contributed by atoms with Crippen LogP contribution in [-0.4, -0.2) is 24.3 Å². The highest BCUT2D eigenvalue weighted by atomic mass is 35.5. The van der Waals surface area contributed by atoms with Gasteiger partial charge in [-0.15, -0.1) is 0 Å². The zero-order valence-electron chi connectivity index (χ0n) is 10.9. The first kappa shape index (κ1) is 13.7. The molecule has 0 amide bonds. The van der Waals surface area contributed by atoms with E-state index in [9.17, 15) is 5.11 Å². The maximum Gasteiger partial charge on any atom is 0.0643 e. The third-order valence-corrected chi connectivity index (χ3v) is 4.18. The van der Waals surface area contributed by atoms with Crippen LogP contribution in [-0.2, 0) is 0 Å². The highest BCUT2D eigenvalue weighted by molar-refractivity contribution is 6.33. The van der Waals surface area contributed by atoms with Gasteiger partial charge in [-0.2, -0.15) is 0 Å². The minimum atomic E-state index is -0.0114. The van der Waals surface area contributed by atoms with Gasteiger partial charge in [-0.3, -0.25) is 0 Å². The number of aliphatic hydroxyl groups excluding tert-OH is 1. The molecule has 1 aromatic rings. The van der Waals surface area contributed by atoms with E-state index in [0.29, 0.717) is 5.92 Å². The fourth-order valence-electron chi connectivity index (χ4n) is 2.63. The summed E-state index contributed by atoms with van der Waals surface area (Å²) in [7, 11) is 0. The van der Waals surface area contributed by atoms with Crippen LogP contribution in [0.15, 0.2) is 18.2 Å². The molecule has 18 heavy (non-hydrogen) atoms. The van der Waals surface area contributed by atoms with Crippen molar-refractivity contribution in [1.82, 2.24) is 0 Å². The molecular weight excluding hydrogens is 248 g/mol. The Morgan fingerprint density at radius 2 is 2.28 bits per heavy atom. The van der Waals surface area contributed by atoms with Crippen LogP contribution in [0.1, 0.15) is 31.9 Å². The van der Waals surface area contributed by atoms with Gasteiger partial charge in [-0.25, -0.2) is 0 Å². The van der Waals surface area contributed by atoms with Crippen molar-refractivity contribution < 1.29 is 5.11 Å². The Kier molecular flexibility index (Phi) is 4.15. The van der Waals surface area contributed by atoms with E-state index in [1.54, 1.807) is 0 Å². The Morgan fingerprint density at radius 3 is 2.83 bits per heavy atom. The zero-order valence-corrected chi connectivity index (χ0v) is 11.7. The fourth-order valence-corrected chi connectivity index (χ4v) is 2.92. The van der Waals surface area contributed by atoms with Gasteiger partial charge >= 0.3 is 0 Å². The van der Waals surface area contributed by atoms with Crippen molar-refractivity contribution >= 4 is 17.3 Å². The standard InChI is InChI=1S/C14H21ClN2O/c1-9-5-6-17(14(9)8-18)13-4-3-11(10(2)16)7-12(13)15/h3-4,7,9-10,14,18H,5-6,8,16H2,1-2H3/t9?,10-,14?/m1/s1. The second-order valence-corrected chi connectivity index (χ2v) is 5.62. The fraction of sp³-hybridized carbons (Fsp3) is 0.571. The van der Waals surface area contributed by atoms with E-state index in [-0.39, 0.29) is 18.7 Å². The third-order valence-electron chi connectivity index (χ3n) is 3.88. The minimum Gasteiger partial charge on any atom is -0.394 e. The van der Waals surface area contributed by atoms with Crippen LogP contribution in [0.2, 0.25) is 5.02 Å². The van der Waals surface area contributed by atoms with Crippen LogP contribution in [0.25, 0.3) is 0 Å². The molecule has 3 nitrogen and oxygen atoms in total. The summed E-state index contributed by atoms with van der Waals surface area (Å²) in [6.07, 6.45) is 1.09. The monoisotopic (exact) mass is 268 g/mol. The van der Waals surface area contributed by atoms with Crippen molar-refractivity contribution in [2.24, 2.45) is 11.7 Å². The average molecular weight is 269 g/mol. The predicted molar refractivity (Wildman–Crippen MR) is 76.1 cm³/mol. The Hall–Kier alpha value is -0.770. The molecule has 0 radical (unpaired) electrons. The molecular formula is C14H21ClN2O. The van der Waals surface area contributed by atoms with Gasteiger partial charge in [0.25, 0.3) is 0 Å². The van der Waals surface area contributed by atoms with E-state index >= 15 is 0 Å². The summed E-state index contributed by atoms with van der Waals surface area (Å²) in [5.41, 5.74) is 7.89. The van der Waals surface area contributed by atoms with Crippen molar-refractivity contribution in [2.45, 2.75) is 32.4 Å². The molecule has 0 saturated carbocycles. The molecule has 100 valence electrons. The zero-order chi connectivity index (χ0) is 13.3. The van der Waals surface area contributed by atoms with Gasteiger partial charge in [-0.1, -0.05) is 24.6 Å². The van der Waals surface area contributed by atoms with Crippen LogP contribution in [0.3, 0.4) is 0 Å². The first-order chi connectivity index (χ1) is 8.54. The molecule has 3 N–H and O–H groups in total. The number of nitrogens with zero attached hydrogens (tertiary/aromatic N) is 1. The molecule has 1 aliphatic heterocycles. The minimum absolute atomic E-state index is 0.0114. The maximum absolute atomic E-state index is 9.50. The first-order valence-electron chi connectivity index (χ1n) is 6.47. The average Bonchev–Trinajstić information content (AvgIpc) is 2.70. The lowest BCUT2D eigenvalue weighted by Gasteiger charge is -2.28. The summed E-state index contributed by atoms with van der Waals surface area (Å²) in [5.74, 6) is 0.499. The van der Waals surface area contributed by atoms with Crippen LogP contribution in [0.5, 0.6) is 0 Å². The van der Waals surface area contributed by atoms with E-state index in [2.05, 4.69) is 11.8 Å². The normalized spacial score (nSPS) is 25.5. The summed E-state index contributed by atoms with van der Waals surface area (Å²) in [5, 5.41) is 10.2. The summed E-state index contributed by atoms with van der Waals surface area (Å²) in [6, 6.07) is 6.12. The topological polar surface area (TPSA) is 49.5 Å². The smallest absolute Gasteiger partial charge is 0.0643 e. The summed E-state index contributed by atoms with van der Waals surface area (Å²) in [6.45, 7) is 5.24. The molecule has 0 spiro atoms. The lowest BCUT2D eigenvalue weighted by Crippen LogP contribution is -2.35. The van der Waals surface area contributed by atoms with Gasteiger partial charge in [0, 0.05) is 12.6 Å². The van der Waals surface area contributed by atoms with E-state index in [0.717, 1.165) is 29.2 Å². The van der Waals surface area contributed by atoms with Gasteiger partial charge in [0.1, 0.15) is 0 Å². The van der Waals surface area contributed by atoms with Crippen molar-refractivity contribution in [1.29, 1.82) is 0 Å². The largest absolute Gasteiger partial charge is 0.394 e. The molecule has 0 aromatic heterocycles. The van der Waals surface area contributed by atoms with Crippen LogP contribution >= 0.6 is 11.6 Å². The van der Waals surface area contributed by atoms with Gasteiger partial charge < -0.3 is 15.7 Å². The molecule has 2 unspecified atom stereocenters. The molecule has 1 saturated heterocycles. The van der Waals surface area contributed by atoms with Gasteiger partial charge in [-0.05, 0) is 37.0 Å². The first-order valence-corrected chi connectivity index (χ1v) is 6.85. The highest BCUT2D eigenvalue weighted by Crippen LogP contribution is 2.35. The second-order valence-electron chi connectivity index (χ2n) is 5.21. The Morgan fingerprint density at radius 1 is 1.56 bits per heavy atom. The quantitative estimate of drug-likeness (QED) is 0.886. The van der Waals surface area contributed by atoms with E-state index in [1.165, 1.54) is 0 Å². The molecule has 0 aliphatic carbocycles. The van der Waals surface area contributed by atoms with Crippen molar-refractivity contribution in [3.8, 4) is 0 Å². The number of benzene rings is 1. The van der Waals surface area contributed by atoms with E-state index < -0.39 is 0 Å².